The van der Waals surface area contributed by atoms with Crippen molar-refractivity contribution in [2.75, 3.05) is 6.54 Å². The average molecular weight is 299 g/mol. The van der Waals surface area contributed by atoms with Gasteiger partial charge in [-0.2, -0.15) is 0 Å². The lowest BCUT2D eigenvalue weighted by Gasteiger charge is -2.24. The highest BCUT2D eigenvalue weighted by Gasteiger charge is 2.37. The van der Waals surface area contributed by atoms with Crippen LogP contribution in [0.15, 0.2) is 39.7 Å². The first kappa shape index (κ1) is 13.3. The first-order valence-electron chi connectivity index (χ1n) is 7.33. The number of amides is 1. The van der Waals surface area contributed by atoms with E-state index in [2.05, 4.69) is 26.5 Å². The highest BCUT2D eigenvalue weighted by atomic mass is 16.3. The third-order valence-corrected chi connectivity index (χ3v) is 4.02. The zero-order valence-electron chi connectivity index (χ0n) is 12.1. The van der Waals surface area contributed by atoms with Crippen molar-refractivity contribution < 1.29 is 9.21 Å². The number of furan rings is 1. The molecule has 4 N–H and O–H groups in total. The third kappa shape index (κ3) is 2.24. The topological polar surface area (TPSA) is 90.7 Å². The van der Waals surface area contributed by atoms with Crippen LogP contribution in [0, 0.1) is 5.92 Å². The van der Waals surface area contributed by atoms with E-state index in [1.165, 1.54) is 0 Å². The van der Waals surface area contributed by atoms with E-state index in [0.29, 0.717) is 12.5 Å². The minimum Gasteiger partial charge on any atom is -0.459 e. The molecule has 0 spiro atoms. The molecular formula is C15H17N5O2. The Morgan fingerprint density at radius 3 is 3.14 bits per heavy atom. The van der Waals surface area contributed by atoms with Gasteiger partial charge in [-0.1, -0.05) is 18.2 Å². The van der Waals surface area contributed by atoms with Gasteiger partial charge in [0.15, 0.2) is 5.96 Å². The van der Waals surface area contributed by atoms with Gasteiger partial charge in [-0.05, 0) is 19.1 Å². The summed E-state index contributed by atoms with van der Waals surface area (Å²) in [6.45, 7) is 2.56. The number of hydrogen-bond acceptors (Lipinski definition) is 6. The smallest absolute Gasteiger partial charge is 0.234 e. The lowest BCUT2D eigenvalue weighted by atomic mass is 10.1. The molecule has 0 aliphatic carbocycles. The average Bonchev–Trinajstić information content (AvgIpc) is 3.13. The van der Waals surface area contributed by atoms with Crippen LogP contribution in [-0.2, 0) is 4.79 Å². The highest BCUT2D eigenvalue weighted by Crippen LogP contribution is 2.23. The molecule has 1 saturated heterocycles. The summed E-state index contributed by atoms with van der Waals surface area (Å²) in [5.41, 5.74) is 6.79. The van der Waals surface area contributed by atoms with E-state index >= 15 is 0 Å². The van der Waals surface area contributed by atoms with Crippen LogP contribution in [0.5, 0.6) is 0 Å². The summed E-state index contributed by atoms with van der Waals surface area (Å²) >= 11 is 0. The molecular weight excluding hydrogens is 282 g/mol. The maximum atomic E-state index is 12.0. The van der Waals surface area contributed by atoms with E-state index in [9.17, 15) is 4.79 Å². The molecule has 3 heterocycles. The maximum absolute atomic E-state index is 12.0. The third-order valence-electron chi connectivity index (χ3n) is 4.02. The molecule has 0 radical (unpaired) electrons. The fraction of sp³-hybridized carbons (Fsp3) is 0.333. The van der Waals surface area contributed by atoms with Gasteiger partial charge >= 0.3 is 0 Å². The Kier molecular flexibility index (Phi) is 3.09. The number of carbonyl (C=O) groups excluding carboxylic acids is 1. The quantitative estimate of drug-likeness (QED) is 0.652. The van der Waals surface area contributed by atoms with E-state index < -0.39 is 0 Å². The number of hydrazine groups is 1. The van der Waals surface area contributed by atoms with Gasteiger partial charge in [-0.3, -0.25) is 15.5 Å². The van der Waals surface area contributed by atoms with Gasteiger partial charge in [-0.25, -0.2) is 10.4 Å². The zero-order chi connectivity index (χ0) is 15.1. The van der Waals surface area contributed by atoms with E-state index in [1.807, 2.05) is 37.3 Å². The normalized spacial score (nSPS) is 25.5. The molecule has 1 aromatic carbocycles. The lowest BCUT2D eigenvalue weighted by Crippen LogP contribution is -2.52. The SMILES string of the molecule is C[C@@H](NC1=NC2NNCC2C(=O)N1)c1cc2ccccc2o1. The van der Waals surface area contributed by atoms with Crippen LogP contribution in [0.25, 0.3) is 11.0 Å². The lowest BCUT2D eigenvalue weighted by molar-refractivity contribution is -0.123. The maximum Gasteiger partial charge on any atom is 0.234 e. The Balaban J connectivity index is 1.54. The fourth-order valence-corrected chi connectivity index (χ4v) is 2.79. The molecule has 1 fully saturated rings. The molecule has 4 rings (SSSR count). The molecule has 0 bridgehead atoms. The minimum atomic E-state index is -0.223. The van der Waals surface area contributed by atoms with Gasteiger partial charge in [0.05, 0.1) is 12.0 Å². The predicted molar refractivity (Wildman–Crippen MR) is 81.8 cm³/mol. The van der Waals surface area contributed by atoms with Gasteiger partial charge < -0.3 is 9.73 Å². The number of nitrogens with zero attached hydrogens (tertiary/aromatic N) is 1. The van der Waals surface area contributed by atoms with Crippen LogP contribution in [-0.4, -0.2) is 24.6 Å². The van der Waals surface area contributed by atoms with E-state index in [4.69, 9.17) is 4.42 Å². The standard InChI is InChI=1S/C15H17N5O2/c1-8(12-6-9-4-2-3-5-11(9)22-12)17-15-18-13-10(7-16-20-13)14(21)19-15/h2-6,8,10,13,16,20H,7H2,1H3,(H2,17,18,19,21)/t8-,10?,13?/m1/s1. The van der Waals surface area contributed by atoms with Crippen molar-refractivity contribution in [3.63, 3.8) is 0 Å². The van der Waals surface area contributed by atoms with Crippen molar-refractivity contribution in [2.24, 2.45) is 10.9 Å². The molecule has 3 atom stereocenters. The number of guanidine groups is 1. The summed E-state index contributed by atoms with van der Waals surface area (Å²) in [4.78, 5) is 16.5. The number of fused-ring (bicyclic) bond motifs is 2. The molecule has 2 aliphatic heterocycles. The molecule has 2 aromatic rings. The Labute approximate surface area is 127 Å². The van der Waals surface area contributed by atoms with E-state index in [1.54, 1.807) is 0 Å². The van der Waals surface area contributed by atoms with Crippen LogP contribution in [0.3, 0.4) is 0 Å². The summed E-state index contributed by atoms with van der Waals surface area (Å²) in [6, 6.07) is 9.76. The molecule has 2 aliphatic rings. The largest absolute Gasteiger partial charge is 0.459 e. The Morgan fingerprint density at radius 2 is 2.27 bits per heavy atom. The van der Waals surface area contributed by atoms with Crippen LogP contribution in [0.2, 0.25) is 0 Å². The molecule has 22 heavy (non-hydrogen) atoms. The summed E-state index contributed by atoms with van der Waals surface area (Å²) in [7, 11) is 0. The predicted octanol–water partition coefficient (Wildman–Crippen LogP) is 0.619. The number of para-hydroxylation sites is 1. The number of benzene rings is 1. The second kappa shape index (κ2) is 5.11. The second-order valence-corrected chi connectivity index (χ2v) is 5.60. The van der Waals surface area contributed by atoms with Crippen LogP contribution >= 0.6 is 0 Å². The number of hydrogen-bond donors (Lipinski definition) is 4. The molecule has 7 heteroatoms. The van der Waals surface area contributed by atoms with E-state index in [-0.39, 0.29) is 24.0 Å². The summed E-state index contributed by atoms with van der Waals surface area (Å²) < 4.78 is 5.83. The molecule has 1 amide bonds. The van der Waals surface area contributed by atoms with Gasteiger partial charge in [0, 0.05) is 11.9 Å². The van der Waals surface area contributed by atoms with Crippen molar-refractivity contribution in [3.8, 4) is 0 Å². The van der Waals surface area contributed by atoms with Gasteiger partial charge in [0.2, 0.25) is 5.91 Å². The Hall–Kier alpha value is -2.38. The van der Waals surface area contributed by atoms with Gasteiger partial charge in [-0.15, -0.1) is 0 Å². The van der Waals surface area contributed by atoms with Crippen LogP contribution < -0.4 is 21.5 Å². The number of aliphatic imine (C=N–C) groups is 1. The first-order chi connectivity index (χ1) is 10.7. The Morgan fingerprint density at radius 1 is 1.41 bits per heavy atom. The van der Waals surface area contributed by atoms with Crippen molar-refractivity contribution in [1.29, 1.82) is 0 Å². The number of carbonyl (C=O) groups is 1. The molecule has 2 unspecified atom stereocenters. The number of nitrogens with one attached hydrogen (secondary N) is 4. The van der Waals surface area contributed by atoms with Crippen LogP contribution in [0.4, 0.5) is 0 Å². The molecule has 7 nitrogen and oxygen atoms in total. The molecule has 0 saturated carbocycles. The fourth-order valence-electron chi connectivity index (χ4n) is 2.79. The summed E-state index contributed by atoms with van der Waals surface area (Å²) in [6.07, 6.45) is -0.223. The summed E-state index contributed by atoms with van der Waals surface area (Å²) in [5, 5.41) is 7.05. The Bertz CT molecular complexity index is 720. The van der Waals surface area contributed by atoms with Crippen molar-refractivity contribution in [3.05, 3.63) is 36.1 Å². The first-order valence-corrected chi connectivity index (χ1v) is 7.33. The van der Waals surface area contributed by atoms with Gasteiger partial charge in [0.1, 0.15) is 17.5 Å². The monoisotopic (exact) mass is 299 g/mol. The molecule has 114 valence electrons. The van der Waals surface area contributed by atoms with E-state index in [0.717, 1.165) is 16.7 Å². The second-order valence-electron chi connectivity index (χ2n) is 5.60. The van der Waals surface area contributed by atoms with Crippen LogP contribution in [0.1, 0.15) is 18.7 Å². The van der Waals surface area contributed by atoms with Gasteiger partial charge in [0.25, 0.3) is 0 Å². The minimum absolute atomic E-state index is 0.0307. The number of rotatable bonds is 2. The zero-order valence-corrected chi connectivity index (χ0v) is 12.1. The summed E-state index contributed by atoms with van der Waals surface area (Å²) in [5.74, 6) is 1.08. The van der Waals surface area contributed by atoms with Crippen molar-refractivity contribution >= 4 is 22.8 Å². The highest BCUT2D eigenvalue weighted by molar-refractivity contribution is 6.00. The van der Waals surface area contributed by atoms with Crippen molar-refractivity contribution in [1.82, 2.24) is 21.5 Å². The molecule has 1 aromatic heterocycles. The van der Waals surface area contributed by atoms with Crippen molar-refractivity contribution in [2.45, 2.75) is 19.1 Å².